The standard InChI is InChI=1S/C15H24N2O2S.ClH/c1-2-17(8-5-13-4-3-11-20-13)14(18)15(12-16)6-9-19-10-7-15;/h3-4,11H,2,5-10,12,16H2,1H3;1H. The van der Waals surface area contributed by atoms with Crippen LogP contribution in [0, 0.1) is 5.41 Å². The average Bonchev–Trinajstić information content (AvgIpc) is 3.01. The monoisotopic (exact) mass is 332 g/mol. The summed E-state index contributed by atoms with van der Waals surface area (Å²) < 4.78 is 5.38. The van der Waals surface area contributed by atoms with Crippen LogP contribution in [0.3, 0.4) is 0 Å². The third-order valence-corrected chi connectivity index (χ3v) is 5.11. The van der Waals surface area contributed by atoms with Gasteiger partial charge in [0.15, 0.2) is 0 Å². The molecule has 0 radical (unpaired) electrons. The first kappa shape index (κ1) is 18.4. The Labute approximate surface area is 137 Å². The second-order valence-electron chi connectivity index (χ2n) is 5.31. The fourth-order valence-electron chi connectivity index (χ4n) is 2.71. The lowest BCUT2D eigenvalue weighted by Crippen LogP contribution is -2.51. The van der Waals surface area contributed by atoms with E-state index in [2.05, 4.69) is 17.5 Å². The van der Waals surface area contributed by atoms with Crippen molar-refractivity contribution in [3.05, 3.63) is 22.4 Å². The number of carbonyl (C=O) groups is 1. The Balaban J connectivity index is 0.00000220. The van der Waals surface area contributed by atoms with Crippen molar-refractivity contribution < 1.29 is 9.53 Å². The Kier molecular flexibility index (Phi) is 7.66. The highest BCUT2D eigenvalue weighted by atomic mass is 35.5. The first-order valence-corrected chi connectivity index (χ1v) is 8.19. The van der Waals surface area contributed by atoms with Crippen molar-refractivity contribution in [2.24, 2.45) is 11.1 Å². The first-order valence-electron chi connectivity index (χ1n) is 7.31. The van der Waals surface area contributed by atoms with Crippen LogP contribution < -0.4 is 5.73 Å². The van der Waals surface area contributed by atoms with E-state index in [0.29, 0.717) is 19.8 Å². The lowest BCUT2D eigenvalue weighted by molar-refractivity contribution is -0.147. The minimum atomic E-state index is -0.399. The number of nitrogens with two attached hydrogens (primary N) is 1. The lowest BCUT2D eigenvalue weighted by Gasteiger charge is -2.38. The molecule has 120 valence electrons. The zero-order chi connectivity index (χ0) is 14.4. The Morgan fingerprint density at radius 1 is 1.48 bits per heavy atom. The largest absolute Gasteiger partial charge is 0.381 e. The summed E-state index contributed by atoms with van der Waals surface area (Å²) in [5.41, 5.74) is 5.52. The Morgan fingerprint density at radius 3 is 2.71 bits per heavy atom. The highest BCUT2D eigenvalue weighted by Crippen LogP contribution is 2.31. The van der Waals surface area contributed by atoms with Crippen LogP contribution in [0.2, 0.25) is 0 Å². The third kappa shape index (κ3) is 4.42. The number of halogens is 1. The van der Waals surface area contributed by atoms with Crippen LogP contribution in [-0.2, 0) is 16.0 Å². The number of hydrogen-bond donors (Lipinski definition) is 1. The molecule has 0 unspecified atom stereocenters. The van der Waals surface area contributed by atoms with Gasteiger partial charge in [-0.1, -0.05) is 6.07 Å². The molecule has 0 bridgehead atoms. The number of ether oxygens (including phenoxy) is 1. The molecule has 0 saturated carbocycles. The van der Waals surface area contributed by atoms with E-state index < -0.39 is 5.41 Å². The number of amides is 1. The van der Waals surface area contributed by atoms with Crippen molar-refractivity contribution in [2.75, 3.05) is 32.8 Å². The number of hydrogen-bond acceptors (Lipinski definition) is 4. The van der Waals surface area contributed by atoms with Crippen molar-refractivity contribution in [2.45, 2.75) is 26.2 Å². The van der Waals surface area contributed by atoms with Gasteiger partial charge < -0.3 is 15.4 Å². The van der Waals surface area contributed by atoms with Gasteiger partial charge in [-0.05, 0) is 37.6 Å². The van der Waals surface area contributed by atoms with Gasteiger partial charge in [-0.15, -0.1) is 23.7 Å². The second-order valence-corrected chi connectivity index (χ2v) is 6.34. The smallest absolute Gasteiger partial charge is 0.230 e. The van der Waals surface area contributed by atoms with E-state index in [4.69, 9.17) is 10.5 Å². The number of likely N-dealkylation sites (N-methyl/N-ethyl adjacent to an activating group) is 1. The molecule has 1 aromatic rings. The number of rotatable bonds is 6. The molecule has 21 heavy (non-hydrogen) atoms. The summed E-state index contributed by atoms with van der Waals surface area (Å²) in [7, 11) is 0. The molecule has 1 saturated heterocycles. The van der Waals surface area contributed by atoms with E-state index >= 15 is 0 Å². The molecule has 2 heterocycles. The van der Waals surface area contributed by atoms with E-state index in [-0.39, 0.29) is 18.3 Å². The molecule has 1 fully saturated rings. The third-order valence-electron chi connectivity index (χ3n) is 4.17. The van der Waals surface area contributed by atoms with Crippen molar-refractivity contribution in [3.63, 3.8) is 0 Å². The summed E-state index contributed by atoms with van der Waals surface area (Å²) in [6.07, 6.45) is 2.42. The van der Waals surface area contributed by atoms with Crippen LogP contribution in [0.1, 0.15) is 24.6 Å². The normalized spacial score (nSPS) is 17.0. The first-order chi connectivity index (χ1) is 9.72. The maximum absolute atomic E-state index is 12.8. The summed E-state index contributed by atoms with van der Waals surface area (Å²) in [5, 5.41) is 2.08. The quantitative estimate of drug-likeness (QED) is 0.869. The molecule has 0 aliphatic carbocycles. The van der Waals surface area contributed by atoms with E-state index in [1.165, 1.54) is 4.88 Å². The van der Waals surface area contributed by atoms with Crippen molar-refractivity contribution in [1.29, 1.82) is 0 Å². The van der Waals surface area contributed by atoms with Gasteiger partial charge in [0, 0.05) is 37.7 Å². The average molecular weight is 333 g/mol. The van der Waals surface area contributed by atoms with Crippen LogP contribution in [0.15, 0.2) is 17.5 Å². The molecule has 1 aliphatic heterocycles. The van der Waals surface area contributed by atoms with Crippen LogP contribution in [-0.4, -0.2) is 43.7 Å². The summed E-state index contributed by atoms with van der Waals surface area (Å²) in [4.78, 5) is 16.1. The number of carbonyl (C=O) groups excluding carboxylic acids is 1. The van der Waals surface area contributed by atoms with Gasteiger partial charge in [0.2, 0.25) is 5.91 Å². The minimum Gasteiger partial charge on any atom is -0.381 e. The van der Waals surface area contributed by atoms with Gasteiger partial charge in [0.1, 0.15) is 0 Å². The van der Waals surface area contributed by atoms with E-state index in [9.17, 15) is 4.79 Å². The maximum Gasteiger partial charge on any atom is 0.230 e. The summed E-state index contributed by atoms with van der Waals surface area (Å²) in [6.45, 7) is 5.27. The van der Waals surface area contributed by atoms with Gasteiger partial charge in [-0.25, -0.2) is 0 Å². The molecule has 4 nitrogen and oxygen atoms in total. The summed E-state index contributed by atoms with van der Waals surface area (Å²) in [5.74, 6) is 0.211. The van der Waals surface area contributed by atoms with E-state index in [1.54, 1.807) is 11.3 Å². The molecule has 0 aromatic carbocycles. The topological polar surface area (TPSA) is 55.6 Å². The van der Waals surface area contributed by atoms with Crippen LogP contribution >= 0.6 is 23.7 Å². The predicted molar refractivity (Wildman–Crippen MR) is 89.1 cm³/mol. The van der Waals surface area contributed by atoms with E-state index in [1.807, 2.05) is 11.8 Å². The summed E-state index contributed by atoms with van der Waals surface area (Å²) >= 11 is 1.74. The number of thiophene rings is 1. The zero-order valence-corrected chi connectivity index (χ0v) is 14.2. The fraction of sp³-hybridized carbons (Fsp3) is 0.667. The molecule has 1 amide bonds. The molecule has 6 heteroatoms. The molecule has 1 aromatic heterocycles. The Bertz CT molecular complexity index is 419. The Morgan fingerprint density at radius 2 is 2.19 bits per heavy atom. The molecule has 0 spiro atoms. The zero-order valence-electron chi connectivity index (χ0n) is 12.5. The molecule has 2 rings (SSSR count). The molecular weight excluding hydrogens is 308 g/mol. The maximum atomic E-state index is 12.8. The minimum absolute atomic E-state index is 0. The summed E-state index contributed by atoms with van der Waals surface area (Å²) in [6, 6.07) is 4.17. The van der Waals surface area contributed by atoms with Crippen molar-refractivity contribution in [3.8, 4) is 0 Å². The highest BCUT2D eigenvalue weighted by molar-refractivity contribution is 7.09. The van der Waals surface area contributed by atoms with Gasteiger partial charge >= 0.3 is 0 Å². The fourth-order valence-corrected chi connectivity index (χ4v) is 3.40. The lowest BCUT2D eigenvalue weighted by atomic mass is 9.79. The van der Waals surface area contributed by atoms with Crippen molar-refractivity contribution in [1.82, 2.24) is 4.90 Å². The SMILES string of the molecule is CCN(CCc1cccs1)C(=O)C1(CN)CCOCC1.Cl. The number of nitrogens with zero attached hydrogens (tertiary/aromatic N) is 1. The van der Waals surface area contributed by atoms with Crippen LogP contribution in [0.5, 0.6) is 0 Å². The Hall–Kier alpha value is -0.620. The van der Waals surface area contributed by atoms with Gasteiger partial charge in [-0.2, -0.15) is 0 Å². The molecule has 2 N–H and O–H groups in total. The molecular formula is C15H25ClN2O2S. The highest BCUT2D eigenvalue weighted by Gasteiger charge is 2.40. The van der Waals surface area contributed by atoms with Gasteiger partial charge in [-0.3, -0.25) is 4.79 Å². The molecule has 1 aliphatic rings. The second kappa shape index (κ2) is 8.73. The van der Waals surface area contributed by atoms with Crippen molar-refractivity contribution >= 4 is 29.7 Å². The predicted octanol–water partition coefficient (Wildman–Crippen LogP) is 2.32. The van der Waals surface area contributed by atoms with E-state index in [0.717, 1.165) is 32.4 Å². The van der Waals surface area contributed by atoms with Crippen LogP contribution in [0.25, 0.3) is 0 Å². The van der Waals surface area contributed by atoms with Crippen LogP contribution in [0.4, 0.5) is 0 Å². The van der Waals surface area contributed by atoms with Gasteiger partial charge in [0.05, 0.1) is 5.41 Å². The van der Waals surface area contributed by atoms with Gasteiger partial charge in [0.25, 0.3) is 0 Å². The molecule has 0 atom stereocenters.